The van der Waals surface area contributed by atoms with Crippen LogP contribution < -0.4 is 0 Å². The van der Waals surface area contributed by atoms with Crippen molar-refractivity contribution in [3.63, 3.8) is 0 Å². The van der Waals surface area contributed by atoms with Gasteiger partial charge in [0.2, 0.25) is 0 Å². The molecular weight excluding hydrogens is 218 g/mol. The molecule has 0 radical (unpaired) electrons. The minimum Gasteiger partial charge on any atom is -0.257 e. The summed E-state index contributed by atoms with van der Waals surface area (Å²) in [6.07, 6.45) is 5.77. The summed E-state index contributed by atoms with van der Waals surface area (Å²) >= 11 is 1.66. The van der Waals surface area contributed by atoms with E-state index in [-0.39, 0.29) is 0 Å². The van der Waals surface area contributed by atoms with Crippen LogP contribution in [0.1, 0.15) is 12.6 Å². The van der Waals surface area contributed by atoms with E-state index in [2.05, 4.69) is 21.9 Å². The lowest BCUT2D eigenvalue weighted by atomic mass is 10.2. The minimum absolute atomic E-state index is 0.697. The highest BCUT2D eigenvalue weighted by Gasteiger charge is 2.05. The van der Waals surface area contributed by atoms with Gasteiger partial charge in [0.25, 0.3) is 0 Å². The van der Waals surface area contributed by atoms with Gasteiger partial charge < -0.3 is 0 Å². The number of thioether (sulfide) groups is 1. The highest BCUT2D eigenvalue weighted by Crippen LogP contribution is 2.10. The molecule has 1 aliphatic rings. The number of aromatic nitrogens is 1. The molecule has 0 amide bonds. The highest BCUT2D eigenvalue weighted by atomic mass is 32.2. The van der Waals surface area contributed by atoms with E-state index < -0.39 is 0 Å². The third-order valence-electron chi connectivity index (χ3n) is 2.02. The van der Waals surface area contributed by atoms with Crippen molar-refractivity contribution in [2.75, 3.05) is 12.3 Å². The second-order valence-electron chi connectivity index (χ2n) is 3.17. The van der Waals surface area contributed by atoms with Gasteiger partial charge >= 0.3 is 0 Å². The quantitative estimate of drug-likeness (QED) is 0.784. The molecule has 1 aliphatic heterocycles. The van der Waals surface area contributed by atoms with Gasteiger partial charge in [-0.05, 0) is 24.0 Å². The van der Waals surface area contributed by atoms with Gasteiger partial charge in [-0.1, -0.05) is 30.8 Å². The molecule has 0 atom stereocenters. The molecule has 0 unspecified atom stereocenters. The minimum atomic E-state index is 0.697. The summed E-state index contributed by atoms with van der Waals surface area (Å²) in [6.45, 7) is 2.80. The van der Waals surface area contributed by atoms with E-state index in [0.717, 1.165) is 22.3 Å². The Kier molecular flexibility index (Phi) is 3.88. The largest absolute Gasteiger partial charge is 0.257 e. The summed E-state index contributed by atoms with van der Waals surface area (Å²) in [5.74, 6) is 0.984. The maximum absolute atomic E-state index is 4.52. The lowest BCUT2D eigenvalue weighted by molar-refractivity contribution is 1.25. The van der Waals surface area contributed by atoms with Gasteiger partial charge in [-0.2, -0.15) is 0 Å². The average Bonchev–Trinajstić information content (AvgIpc) is 2.56. The van der Waals surface area contributed by atoms with Crippen LogP contribution in [0, 0.1) is 0 Å². The Hall–Kier alpha value is -1.42. The summed E-state index contributed by atoms with van der Waals surface area (Å²) in [5.41, 5.74) is 1.78. The third-order valence-corrected chi connectivity index (χ3v) is 2.79. The summed E-state index contributed by atoms with van der Waals surface area (Å²) in [5, 5.41) is 0.841. The normalized spacial score (nSPS) is 15.3. The van der Waals surface area contributed by atoms with Crippen LogP contribution in [-0.2, 0) is 0 Å². The van der Waals surface area contributed by atoms with E-state index in [4.69, 9.17) is 0 Å². The van der Waals surface area contributed by atoms with Crippen LogP contribution in [0.4, 0.5) is 0 Å². The summed E-state index contributed by atoms with van der Waals surface area (Å²) in [6, 6.07) is 5.83. The molecule has 4 heteroatoms. The Morgan fingerprint density at radius 1 is 1.38 bits per heavy atom. The first-order valence-electron chi connectivity index (χ1n) is 5.24. The fourth-order valence-corrected chi connectivity index (χ4v) is 1.92. The molecule has 0 spiro atoms. The molecule has 1 aromatic heterocycles. The van der Waals surface area contributed by atoms with Crippen molar-refractivity contribution in [2.45, 2.75) is 6.92 Å². The van der Waals surface area contributed by atoms with Crippen LogP contribution in [0.25, 0.3) is 0 Å². The first kappa shape index (κ1) is 11.1. The molecule has 1 aromatic rings. The molecule has 0 bridgehead atoms. The van der Waals surface area contributed by atoms with Crippen molar-refractivity contribution in [3.8, 4) is 0 Å². The van der Waals surface area contributed by atoms with Gasteiger partial charge in [0, 0.05) is 6.20 Å². The zero-order chi connectivity index (χ0) is 11.2. The molecule has 82 valence electrons. The number of hydrogen-bond donors (Lipinski definition) is 0. The zero-order valence-electron chi connectivity index (χ0n) is 9.13. The Labute approximate surface area is 99.4 Å². The number of hydrogen-bond acceptors (Lipinski definition) is 4. The Balaban J connectivity index is 2.29. The van der Waals surface area contributed by atoms with Crippen molar-refractivity contribution in [3.05, 3.63) is 42.2 Å². The molecule has 0 aliphatic carbocycles. The van der Waals surface area contributed by atoms with Crippen LogP contribution in [0.5, 0.6) is 0 Å². The second kappa shape index (κ2) is 5.61. The van der Waals surface area contributed by atoms with E-state index >= 15 is 0 Å². The van der Waals surface area contributed by atoms with Gasteiger partial charge in [-0.25, -0.2) is 4.99 Å². The number of amidine groups is 1. The summed E-state index contributed by atoms with van der Waals surface area (Å²) in [4.78, 5) is 13.2. The van der Waals surface area contributed by atoms with Gasteiger partial charge in [-0.3, -0.25) is 9.98 Å². The van der Waals surface area contributed by atoms with Crippen molar-refractivity contribution < 1.29 is 0 Å². The summed E-state index contributed by atoms with van der Waals surface area (Å²) < 4.78 is 0. The van der Waals surface area contributed by atoms with E-state index in [1.807, 2.05) is 30.4 Å². The smallest absolute Gasteiger partial charge is 0.183 e. The third kappa shape index (κ3) is 2.79. The molecule has 0 saturated heterocycles. The zero-order valence-corrected chi connectivity index (χ0v) is 9.94. The highest BCUT2D eigenvalue weighted by molar-refractivity contribution is 8.13. The van der Waals surface area contributed by atoms with Crippen molar-refractivity contribution >= 4 is 22.6 Å². The average molecular weight is 231 g/mol. The summed E-state index contributed by atoms with van der Waals surface area (Å²) in [7, 11) is 0. The van der Waals surface area contributed by atoms with Crippen molar-refractivity contribution in [1.29, 1.82) is 0 Å². The lowest BCUT2D eigenvalue weighted by Crippen LogP contribution is -2.02. The number of nitrogens with zero attached hydrogens (tertiary/aromatic N) is 3. The van der Waals surface area contributed by atoms with Crippen LogP contribution in [0.3, 0.4) is 0 Å². The SMILES string of the molecule is CCSC1=NCC=CC(c2ccccn2)=N1. The van der Waals surface area contributed by atoms with Crippen LogP contribution >= 0.6 is 11.8 Å². The molecule has 2 rings (SSSR count). The maximum Gasteiger partial charge on any atom is 0.183 e. The van der Waals surface area contributed by atoms with E-state index in [0.29, 0.717) is 6.54 Å². The number of allylic oxidation sites excluding steroid dienone is 1. The van der Waals surface area contributed by atoms with Gasteiger partial charge in [-0.15, -0.1) is 0 Å². The second-order valence-corrected chi connectivity index (χ2v) is 4.40. The van der Waals surface area contributed by atoms with Crippen molar-refractivity contribution in [1.82, 2.24) is 4.98 Å². The maximum atomic E-state index is 4.52. The van der Waals surface area contributed by atoms with Crippen molar-refractivity contribution in [2.24, 2.45) is 9.98 Å². The Bertz CT molecular complexity index is 435. The predicted molar refractivity (Wildman–Crippen MR) is 70.3 cm³/mol. The molecule has 0 saturated carbocycles. The first-order valence-corrected chi connectivity index (χ1v) is 6.22. The monoisotopic (exact) mass is 231 g/mol. The molecule has 0 aromatic carbocycles. The molecular formula is C12H13N3S. The van der Waals surface area contributed by atoms with Crippen LogP contribution in [0.15, 0.2) is 46.5 Å². The topological polar surface area (TPSA) is 37.6 Å². The van der Waals surface area contributed by atoms with Crippen LogP contribution in [0.2, 0.25) is 0 Å². The van der Waals surface area contributed by atoms with E-state index in [1.165, 1.54) is 0 Å². The number of pyridine rings is 1. The molecule has 0 N–H and O–H groups in total. The fraction of sp³-hybridized carbons (Fsp3) is 0.250. The predicted octanol–water partition coefficient (Wildman–Crippen LogP) is 2.55. The van der Waals surface area contributed by atoms with E-state index in [1.54, 1.807) is 18.0 Å². The fourth-order valence-electron chi connectivity index (χ4n) is 1.33. The first-order chi connectivity index (χ1) is 7.90. The number of aliphatic imine (C=N–C) groups is 2. The molecule has 16 heavy (non-hydrogen) atoms. The molecule has 2 heterocycles. The molecule has 0 fully saturated rings. The van der Waals surface area contributed by atoms with Gasteiger partial charge in [0.1, 0.15) is 0 Å². The van der Waals surface area contributed by atoms with Crippen LogP contribution in [-0.4, -0.2) is 28.2 Å². The van der Waals surface area contributed by atoms with Gasteiger partial charge in [0.05, 0.1) is 18.0 Å². The molecule has 3 nitrogen and oxygen atoms in total. The van der Waals surface area contributed by atoms with E-state index in [9.17, 15) is 0 Å². The standard InChI is InChI=1S/C12H13N3S/c1-2-16-12-14-9-5-7-11(15-12)10-6-3-4-8-13-10/h3-8H,2,9H2,1H3. The van der Waals surface area contributed by atoms with Gasteiger partial charge in [0.15, 0.2) is 5.17 Å². The number of rotatable bonds is 2. The Morgan fingerprint density at radius 2 is 2.31 bits per heavy atom. The Morgan fingerprint density at radius 3 is 3.06 bits per heavy atom. The lowest BCUT2D eigenvalue weighted by Gasteiger charge is -2.00.